The molecular formula is C21H29IO6S. The molecule has 0 saturated heterocycles. The van der Waals surface area contributed by atoms with Crippen LogP contribution in [-0.2, 0) is 27.3 Å². The van der Waals surface area contributed by atoms with Crippen LogP contribution in [0.2, 0.25) is 0 Å². The number of aldehydes is 1. The van der Waals surface area contributed by atoms with E-state index in [4.69, 9.17) is 14.2 Å². The minimum atomic E-state index is -0.342. The van der Waals surface area contributed by atoms with E-state index in [1.807, 2.05) is 13.8 Å². The molecule has 1 aromatic rings. The van der Waals surface area contributed by atoms with E-state index in [1.54, 1.807) is 30.3 Å². The summed E-state index contributed by atoms with van der Waals surface area (Å²) in [7, 11) is 6.53. The minimum Gasteiger partial charge on any atom is -0.496 e. The van der Waals surface area contributed by atoms with Crippen molar-refractivity contribution in [2.45, 2.75) is 39.7 Å². The Hall–Kier alpha value is -1.26. The van der Waals surface area contributed by atoms with Crippen molar-refractivity contribution in [1.82, 2.24) is 0 Å². The molecule has 0 aromatic heterocycles. The maximum atomic E-state index is 12.3. The number of carbonyl (C=O) groups is 2. The molecule has 6 nitrogen and oxygen atoms in total. The molecule has 1 aromatic carbocycles. The number of halogens is 1. The van der Waals surface area contributed by atoms with Crippen molar-refractivity contribution < 1.29 is 28.5 Å². The molecule has 0 amide bonds. The van der Waals surface area contributed by atoms with E-state index in [0.29, 0.717) is 30.8 Å². The average Bonchev–Trinajstić information content (AvgIpc) is 3.09. The number of hydrogen-bond acceptors (Lipinski definition) is 7. The van der Waals surface area contributed by atoms with Crippen LogP contribution >= 0.6 is 30.1 Å². The van der Waals surface area contributed by atoms with Gasteiger partial charge in [-0.15, -0.1) is 0 Å². The van der Waals surface area contributed by atoms with Gasteiger partial charge in [0.2, 0.25) is 0 Å². The van der Waals surface area contributed by atoms with E-state index in [1.165, 1.54) is 0 Å². The predicted molar refractivity (Wildman–Crippen MR) is 125 cm³/mol. The molecular weight excluding hydrogens is 507 g/mol. The monoisotopic (exact) mass is 536 g/mol. The van der Waals surface area contributed by atoms with E-state index >= 15 is 0 Å². The fourth-order valence-corrected chi connectivity index (χ4v) is 3.69. The second-order valence-electron chi connectivity index (χ2n) is 6.43. The second-order valence-corrected chi connectivity index (χ2v) is 8.92. The minimum absolute atomic E-state index is 0.252. The first-order chi connectivity index (χ1) is 14.0. The highest BCUT2D eigenvalue weighted by Crippen LogP contribution is 2.43. The van der Waals surface area contributed by atoms with Crippen molar-refractivity contribution in [3.8, 4) is 11.5 Å². The highest BCUT2D eigenvalue weighted by molar-refractivity contribution is 14.2. The molecule has 0 fully saturated rings. The van der Waals surface area contributed by atoms with Gasteiger partial charge in [-0.05, 0) is 53.5 Å². The Kier molecular flexibility index (Phi) is 12.3. The van der Waals surface area contributed by atoms with E-state index in [2.05, 4.69) is 32.0 Å². The molecule has 29 heavy (non-hydrogen) atoms. The third-order valence-electron chi connectivity index (χ3n) is 4.34. The van der Waals surface area contributed by atoms with Gasteiger partial charge in [0.15, 0.2) is 0 Å². The summed E-state index contributed by atoms with van der Waals surface area (Å²) in [5.74, 6) is 1.77. The SMILES string of the molecule is COC.COc1c(C)c2c(c(OCCSI)c1C/C=C(\C)CCC=O)C(=O)OC2. The summed E-state index contributed by atoms with van der Waals surface area (Å²) < 4.78 is 21.2. The molecule has 1 aliphatic heterocycles. The summed E-state index contributed by atoms with van der Waals surface area (Å²) in [4.78, 5) is 22.9. The molecule has 162 valence electrons. The molecule has 0 atom stereocenters. The van der Waals surface area contributed by atoms with Crippen LogP contribution in [0.4, 0.5) is 0 Å². The molecule has 2 rings (SSSR count). The number of ether oxygens (including phenoxy) is 4. The van der Waals surface area contributed by atoms with Crippen molar-refractivity contribution in [3.05, 3.63) is 33.9 Å². The van der Waals surface area contributed by atoms with Gasteiger partial charge in [0, 0.05) is 37.5 Å². The standard InChI is InChI=1S/C19H23IO5S.C2H6O/c1-12(5-4-8-21)6-7-14-17(23-3)13(2)15-11-25-19(22)16(15)18(14)24-9-10-26-20;1-3-2/h6,8H,4-5,7,9-11H2,1-3H3;1-2H3/b12-6+;. The van der Waals surface area contributed by atoms with Gasteiger partial charge in [0.1, 0.15) is 30.0 Å². The van der Waals surface area contributed by atoms with Crippen LogP contribution in [0.15, 0.2) is 11.6 Å². The maximum absolute atomic E-state index is 12.3. The Bertz CT molecular complexity index is 733. The Morgan fingerprint density at radius 3 is 2.55 bits per heavy atom. The van der Waals surface area contributed by atoms with Crippen LogP contribution in [0.1, 0.15) is 46.8 Å². The largest absolute Gasteiger partial charge is 0.496 e. The topological polar surface area (TPSA) is 71.1 Å². The van der Waals surface area contributed by atoms with Gasteiger partial charge in [-0.1, -0.05) is 20.6 Å². The smallest absolute Gasteiger partial charge is 0.342 e. The number of fused-ring (bicyclic) bond motifs is 1. The molecule has 0 unspecified atom stereocenters. The van der Waals surface area contributed by atoms with Gasteiger partial charge in [0.25, 0.3) is 0 Å². The predicted octanol–water partition coefficient (Wildman–Crippen LogP) is 4.87. The van der Waals surface area contributed by atoms with Crippen molar-refractivity contribution >= 4 is 42.4 Å². The molecule has 0 bridgehead atoms. The number of hydrogen-bond donors (Lipinski definition) is 0. The highest BCUT2D eigenvalue weighted by Gasteiger charge is 2.33. The quantitative estimate of drug-likeness (QED) is 0.139. The Morgan fingerprint density at radius 2 is 1.97 bits per heavy atom. The molecule has 0 saturated carbocycles. The first kappa shape index (κ1) is 25.8. The van der Waals surface area contributed by atoms with Crippen molar-refractivity contribution in [2.75, 3.05) is 33.7 Å². The lowest BCUT2D eigenvalue weighted by atomic mass is 9.94. The molecule has 0 radical (unpaired) electrons. The highest BCUT2D eigenvalue weighted by atomic mass is 127. The summed E-state index contributed by atoms with van der Waals surface area (Å²) in [6.45, 7) is 4.69. The Balaban J connectivity index is 0.00000132. The average molecular weight is 536 g/mol. The zero-order chi connectivity index (χ0) is 21.8. The van der Waals surface area contributed by atoms with E-state index in [0.717, 1.165) is 46.5 Å². The first-order valence-corrected chi connectivity index (χ1v) is 12.7. The van der Waals surface area contributed by atoms with Gasteiger partial charge in [0.05, 0.1) is 13.7 Å². The van der Waals surface area contributed by atoms with Crippen LogP contribution in [0, 0.1) is 6.92 Å². The number of allylic oxidation sites excluding steroid dienone is 2. The molecule has 0 aliphatic carbocycles. The van der Waals surface area contributed by atoms with E-state index in [-0.39, 0.29) is 12.6 Å². The number of cyclic esters (lactones) is 1. The number of rotatable bonds is 10. The number of benzene rings is 1. The van der Waals surface area contributed by atoms with E-state index in [9.17, 15) is 9.59 Å². The zero-order valence-corrected chi connectivity index (χ0v) is 20.6. The van der Waals surface area contributed by atoms with Crippen LogP contribution in [-0.4, -0.2) is 45.9 Å². The third kappa shape index (κ3) is 7.18. The van der Waals surface area contributed by atoms with Crippen molar-refractivity contribution in [1.29, 1.82) is 0 Å². The third-order valence-corrected chi connectivity index (χ3v) is 5.99. The number of methoxy groups -OCH3 is 2. The van der Waals surface area contributed by atoms with Crippen LogP contribution in [0.3, 0.4) is 0 Å². The Morgan fingerprint density at radius 1 is 1.28 bits per heavy atom. The molecule has 1 heterocycles. The lowest BCUT2D eigenvalue weighted by Crippen LogP contribution is -2.10. The van der Waals surface area contributed by atoms with Crippen LogP contribution in [0.5, 0.6) is 11.5 Å². The molecule has 0 N–H and O–H groups in total. The number of esters is 1. The zero-order valence-electron chi connectivity index (χ0n) is 17.6. The van der Waals surface area contributed by atoms with Gasteiger partial charge in [-0.25, -0.2) is 4.79 Å². The van der Waals surface area contributed by atoms with Crippen molar-refractivity contribution in [3.63, 3.8) is 0 Å². The summed E-state index contributed by atoms with van der Waals surface area (Å²) in [5, 5.41) is 0. The van der Waals surface area contributed by atoms with Crippen molar-refractivity contribution in [2.24, 2.45) is 0 Å². The normalized spacial score (nSPS) is 12.6. The molecule has 1 aliphatic rings. The summed E-state index contributed by atoms with van der Waals surface area (Å²) in [6.07, 6.45) is 4.78. The summed E-state index contributed by atoms with van der Waals surface area (Å²) in [6, 6.07) is 0. The van der Waals surface area contributed by atoms with Gasteiger partial charge >= 0.3 is 5.97 Å². The molecule has 8 heteroatoms. The van der Waals surface area contributed by atoms with Gasteiger partial charge in [-0.2, -0.15) is 0 Å². The van der Waals surface area contributed by atoms with Crippen LogP contribution < -0.4 is 9.47 Å². The van der Waals surface area contributed by atoms with Gasteiger partial charge < -0.3 is 23.7 Å². The fraction of sp³-hybridized carbons (Fsp3) is 0.524. The van der Waals surface area contributed by atoms with Gasteiger partial charge in [-0.3, -0.25) is 0 Å². The summed E-state index contributed by atoms with van der Waals surface area (Å²) >= 11 is 2.22. The summed E-state index contributed by atoms with van der Waals surface area (Å²) in [5.41, 5.74) is 4.25. The maximum Gasteiger partial charge on any atom is 0.342 e. The number of carbonyl (C=O) groups excluding carboxylic acids is 2. The first-order valence-electron chi connectivity index (χ1n) is 9.21. The second kappa shape index (κ2) is 13.9. The Labute approximate surface area is 189 Å². The van der Waals surface area contributed by atoms with Crippen LogP contribution in [0.25, 0.3) is 0 Å². The lowest BCUT2D eigenvalue weighted by Gasteiger charge is -2.19. The molecule has 0 spiro atoms. The van der Waals surface area contributed by atoms with E-state index < -0.39 is 0 Å². The lowest BCUT2D eigenvalue weighted by molar-refractivity contribution is -0.107. The fourth-order valence-electron chi connectivity index (χ4n) is 3.01.